The number of para-hydroxylation sites is 1. The number of nitrogens with one attached hydrogen (secondary N) is 2. The number of hydrogen-bond acceptors (Lipinski definition) is 5. The third-order valence-corrected chi connectivity index (χ3v) is 7.32. The van der Waals surface area contributed by atoms with Gasteiger partial charge in [-0.05, 0) is 70.9 Å². The lowest BCUT2D eigenvalue weighted by Crippen LogP contribution is -2.48. The Balaban J connectivity index is 1.54. The fraction of sp³-hybridized carbons (Fsp3) is 0.517. The highest BCUT2D eigenvalue weighted by atomic mass is 16.6. The van der Waals surface area contributed by atoms with Crippen molar-refractivity contribution in [2.24, 2.45) is 5.92 Å². The first-order chi connectivity index (χ1) is 17.0. The molecule has 1 saturated heterocycles. The van der Waals surface area contributed by atoms with Gasteiger partial charge >= 0.3 is 6.09 Å². The van der Waals surface area contributed by atoms with Gasteiger partial charge in [-0.2, -0.15) is 0 Å². The maximum absolute atomic E-state index is 12.6. The molecule has 0 saturated carbocycles. The first-order valence-electron chi connectivity index (χ1n) is 13.0. The van der Waals surface area contributed by atoms with Crippen LogP contribution in [0.5, 0.6) is 0 Å². The molecule has 2 aliphatic heterocycles. The van der Waals surface area contributed by atoms with E-state index in [1.165, 1.54) is 0 Å². The van der Waals surface area contributed by atoms with Gasteiger partial charge in [-0.25, -0.2) is 4.79 Å². The van der Waals surface area contributed by atoms with Gasteiger partial charge in [0.2, 0.25) is 5.91 Å². The van der Waals surface area contributed by atoms with Crippen LogP contribution >= 0.6 is 0 Å². The van der Waals surface area contributed by atoms with E-state index in [0.717, 1.165) is 48.6 Å². The number of fused-ring (bicyclic) bond motifs is 1. The third kappa shape index (κ3) is 5.77. The van der Waals surface area contributed by atoms with Crippen molar-refractivity contribution in [1.29, 1.82) is 0 Å². The van der Waals surface area contributed by atoms with E-state index in [1.807, 2.05) is 43.9 Å². The minimum Gasteiger partial charge on any atom is -0.444 e. The summed E-state index contributed by atoms with van der Waals surface area (Å²) < 4.78 is 5.42. The lowest BCUT2D eigenvalue weighted by molar-refractivity contribution is -0.117. The summed E-state index contributed by atoms with van der Waals surface area (Å²) in [7, 11) is 0. The number of anilines is 3. The summed E-state index contributed by atoms with van der Waals surface area (Å²) in [5, 5.41) is 6.75. The number of benzene rings is 2. The maximum atomic E-state index is 12.6. The van der Waals surface area contributed by atoms with E-state index in [4.69, 9.17) is 4.74 Å². The molecule has 7 heteroatoms. The van der Waals surface area contributed by atoms with Crippen molar-refractivity contribution < 1.29 is 14.3 Å². The zero-order valence-corrected chi connectivity index (χ0v) is 22.4. The van der Waals surface area contributed by atoms with Crippen LogP contribution in [0.2, 0.25) is 0 Å². The Morgan fingerprint density at radius 2 is 1.67 bits per heavy atom. The van der Waals surface area contributed by atoms with Gasteiger partial charge in [-0.3, -0.25) is 4.79 Å². The maximum Gasteiger partial charge on any atom is 0.407 e. The van der Waals surface area contributed by atoms with Crippen LogP contribution in [0.25, 0.3) is 0 Å². The number of rotatable bonds is 4. The van der Waals surface area contributed by atoms with Crippen LogP contribution in [0.3, 0.4) is 0 Å². The van der Waals surface area contributed by atoms with E-state index < -0.39 is 5.60 Å². The Hall–Kier alpha value is -3.22. The first-order valence-corrected chi connectivity index (χ1v) is 13.0. The highest BCUT2D eigenvalue weighted by molar-refractivity contribution is 5.94. The van der Waals surface area contributed by atoms with Gasteiger partial charge in [0.25, 0.3) is 0 Å². The Kier molecular flexibility index (Phi) is 7.48. The molecule has 0 spiro atoms. The van der Waals surface area contributed by atoms with Crippen LogP contribution in [-0.4, -0.2) is 42.8 Å². The molecule has 194 valence electrons. The second-order valence-electron chi connectivity index (χ2n) is 11.1. The number of nitrogens with zero attached hydrogens (tertiary/aromatic N) is 2. The predicted molar refractivity (Wildman–Crippen MR) is 146 cm³/mol. The Labute approximate surface area is 215 Å². The second-order valence-corrected chi connectivity index (χ2v) is 11.1. The van der Waals surface area contributed by atoms with Gasteiger partial charge in [0.05, 0.1) is 6.04 Å². The van der Waals surface area contributed by atoms with Crippen LogP contribution in [0, 0.1) is 5.92 Å². The summed E-state index contributed by atoms with van der Waals surface area (Å²) in [6, 6.07) is 17.0. The molecule has 2 heterocycles. The molecule has 2 aromatic rings. The molecule has 2 aliphatic rings. The lowest BCUT2D eigenvalue weighted by atomic mass is 9.82. The molecule has 0 aliphatic carbocycles. The number of amides is 2. The van der Waals surface area contributed by atoms with Crippen LogP contribution in [0.4, 0.5) is 21.9 Å². The van der Waals surface area contributed by atoms with Crippen molar-refractivity contribution in [3.8, 4) is 0 Å². The number of carbonyl (C=O) groups excluding carboxylic acids is 2. The molecular weight excluding hydrogens is 452 g/mol. The summed E-state index contributed by atoms with van der Waals surface area (Å²) in [5.74, 6) is 0.288. The van der Waals surface area contributed by atoms with Gasteiger partial charge in [0, 0.05) is 60.6 Å². The fourth-order valence-corrected chi connectivity index (χ4v) is 5.36. The molecule has 2 amide bonds. The highest BCUT2D eigenvalue weighted by Crippen LogP contribution is 2.44. The number of alkyl carbamates (subject to hydrolysis) is 1. The average molecular weight is 493 g/mol. The van der Waals surface area contributed by atoms with E-state index in [-0.39, 0.29) is 36.0 Å². The lowest BCUT2D eigenvalue weighted by Gasteiger charge is -2.45. The van der Waals surface area contributed by atoms with Gasteiger partial charge in [-0.1, -0.05) is 25.1 Å². The van der Waals surface area contributed by atoms with Crippen molar-refractivity contribution in [3.63, 3.8) is 0 Å². The van der Waals surface area contributed by atoms with E-state index in [1.54, 1.807) is 6.92 Å². The van der Waals surface area contributed by atoms with Crippen LogP contribution < -0.4 is 20.4 Å². The van der Waals surface area contributed by atoms with Crippen molar-refractivity contribution in [1.82, 2.24) is 5.32 Å². The zero-order chi connectivity index (χ0) is 26.0. The number of ether oxygens (including phenoxy) is 1. The van der Waals surface area contributed by atoms with Crippen LogP contribution in [0.15, 0.2) is 48.5 Å². The molecule has 2 aromatic carbocycles. The SMILES string of the molecule is CC(=O)N1c2ccc(N3CCC(NC(=O)OC(C)(C)C)CC3)cc2C(Nc2ccccc2)[C@@H](C)[C@@H]1C. The topological polar surface area (TPSA) is 73.9 Å². The molecule has 7 nitrogen and oxygen atoms in total. The van der Waals surface area contributed by atoms with Crippen molar-refractivity contribution in [3.05, 3.63) is 54.1 Å². The normalized spacial score (nSPS) is 22.6. The van der Waals surface area contributed by atoms with Crippen LogP contribution in [-0.2, 0) is 9.53 Å². The van der Waals surface area contributed by atoms with E-state index in [2.05, 4.69) is 59.7 Å². The predicted octanol–water partition coefficient (Wildman–Crippen LogP) is 5.72. The van der Waals surface area contributed by atoms with Gasteiger partial charge in [0.1, 0.15) is 5.60 Å². The van der Waals surface area contributed by atoms with Crippen molar-refractivity contribution in [2.75, 3.05) is 28.2 Å². The summed E-state index contributed by atoms with van der Waals surface area (Å²) in [4.78, 5) is 29.1. The molecule has 1 unspecified atom stereocenters. The van der Waals surface area contributed by atoms with Gasteiger partial charge in [-0.15, -0.1) is 0 Å². The summed E-state index contributed by atoms with van der Waals surface area (Å²) in [6.07, 6.45) is 1.36. The molecule has 1 fully saturated rings. The number of carbonyl (C=O) groups is 2. The monoisotopic (exact) mass is 492 g/mol. The molecule has 0 radical (unpaired) electrons. The summed E-state index contributed by atoms with van der Waals surface area (Å²) in [6.45, 7) is 13.3. The smallest absolute Gasteiger partial charge is 0.407 e. The van der Waals surface area contributed by atoms with Crippen molar-refractivity contribution >= 4 is 29.1 Å². The first kappa shape index (κ1) is 25.9. The average Bonchev–Trinajstić information content (AvgIpc) is 2.81. The molecule has 4 rings (SSSR count). The Bertz CT molecular complexity index is 1070. The van der Waals surface area contributed by atoms with E-state index in [9.17, 15) is 9.59 Å². The van der Waals surface area contributed by atoms with Gasteiger partial charge in [0.15, 0.2) is 0 Å². The van der Waals surface area contributed by atoms with Gasteiger partial charge < -0.3 is 25.2 Å². The summed E-state index contributed by atoms with van der Waals surface area (Å²) in [5.41, 5.74) is 3.84. The Morgan fingerprint density at radius 1 is 1.00 bits per heavy atom. The number of piperidine rings is 1. The van der Waals surface area contributed by atoms with E-state index >= 15 is 0 Å². The number of hydrogen-bond donors (Lipinski definition) is 2. The largest absolute Gasteiger partial charge is 0.444 e. The zero-order valence-electron chi connectivity index (χ0n) is 22.4. The third-order valence-electron chi connectivity index (χ3n) is 7.32. The molecule has 3 atom stereocenters. The molecular formula is C29H40N4O3. The molecule has 36 heavy (non-hydrogen) atoms. The molecule has 0 bridgehead atoms. The molecule has 0 aromatic heterocycles. The van der Waals surface area contributed by atoms with Crippen LogP contribution in [0.1, 0.15) is 66.0 Å². The highest BCUT2D eigenvalue weighted by Gasteiger charge is 2.38. The minimum atomic E-state index is -0.499. The van der Waals surface area contributed by atoms with E-state index in [0.29, 0.717) is 0 Å². The molecule has 2 N–H and O–H groups in total. The fourth-order valence-electron chi connectivity index (χ4n) is 5.36. The standard InChI is InChI=1S/C29H40N4O3/c1-19-20(2)33(21(3)34)26-13-12-24(18-25(26)27(19)30-22-10-8-7-9-11-22)32-16-14-23(15-17-32)31-28(35)36-29(4,5)6/h7-13,18-20,23,27,30H,14-17H2,1-6H3,(H,31,35)/t19-,20-,27?/m0/s1. The van der Waals surface area contributed by atoms with Crippen molar-refractivity contribution in [2.45, 2.75) is 78.1 Å². The minimum absolute atomic E-state index is 0.0653. The second kappa shape index (κ2) is 10.4. The summed E-state index contributed by atoms with van der Waals surface area (Å²) >= 11 is 0. The Morgan fingerprint density at radius 3 is 2.28 bits per heavy atom. The quantitative estimate of drug-likeness (QED) is 0.571.